The van der Waals surface area contributed by atoms with E-state index in [4.69, 9.17) is 4.74 Å². The highest BCUT2D eigenvalue weighted by Crippen LogP contribution is 2.26. The van der Waals surface area contributed by atoms with Crippen molar-refractivity contribution in [2.45, 2.75) is 6.42 Å². The molecule has 3 amide bonds. The van der Waals surface area contributed by atoms with Gasteiger partial charge in [0, 0.05) is 29.2 Å². The molecule has 1 aliphatic heterocycles. The Balaban J connectivity index is 1.36. The van der Waals surface area contributed by atoms with E-state index in [1.807, 2.05) is 24.4 Å². The van der Waals surface area contributed by atoms with Crippen molar-refractivity contribution in [2.24, 2.45) is 0 Å². The van der Waals surface area contributed by atoms with Crippen molar-refractivity contribution >= 4 is 45.8 Å². The van der Waals surface area contributed by atoms with Gasteiger partial charge < -0.3 is 15.0 Å². The smallest absolute Gasteiger partial charge is 0.290 e. The molecule has 0 radical (unpaired) electrons. The van der Waals surface area contributed by atoms with Crippen LogP contribution >= 0.6 is 11.8 Å². The number of hydrogen-bond donors (Lipinski definition) is 3. The van der Waals surface area contributed by atoms with E-state index in [-0.39, 0.29) is 11.1 Å². The van der Waals surface area contributed by atoms with Crippen molar-refractivity contribution in [3.05, 3.63) is 70.3 Å². The van der Waals surface area contributed by atoms with Crippen LogP contribution in [0.2, 0.25) is 0 Å². The number of benzene rings is 2. The molecular weight excluding hydrogens is 402 g/mol. The molecule has 7 nitrogen and oxygen atoms in total. The Kier molecular flexibility index (Phi) is 5.58. The molecule has 0 unspecified atom stereocenters. The molecule has 0 atom stereocenters. The highest BCUT2D eigenvalue weighted by atomic mass is 32.2. The number of imide groups is 1. The third kappa shape index (κ3) is 4.23. The molecule has 1 saturated heterocycles. The number of aromatic amines is 1. The molecule has 0 spiro atoms. The third-order valence-electron chi connectivity index (χ3n) is 4.77. The maximum absolute atomic E-state index is 12.4. The molecule has 2 heterocycles. The second-order valence-electron chi connectivity index (χ2n) is 6.71. The average molecular weight is 421 g/mol. The summed E-state index contributed by atoms with van der Waals surface area (Å²) in [6.07, 6.45) is 4.25. The van der Waals surface area contributed by atoms with Crippen molar-refractivity contribution in [3.8, 4) is 5.75 Å². The number of thioether (sulfide) groups is 1. The molecule has 1 aliphatic rings. The van der Waals surface area contributed by atoms with E-state index < -0.39 is 5.91 Å². The van der Waals surface area contributed by atoms with Gasteiger partial charge in [0.1, 0.15) is 5.75 Å². The fourth-order valence-corrected chi connectivity index (χ4v) is 3.89. The summed E-state index contributed by atoms with van der Waals surface area (Å²) < 4.78 is 5.28. The van der Waals surface area contributed by atoms with Gasteiger partial charge in [-0.2, -0.15) is 0 Å². The Morgan fingerprint density at radius 3 is 2.67 bits per heavy atom. The van der Waals surface area contributed by atoms with Crippen LogP contribution in [0.25, 0.3) is 17.0 Å². The molecule has 152 valence electrons. The van der Waals surface area contributed by atoms with Crippen LogP contribution in [0.5, 0.6) is 5.75 Å². The largest absolute Gasteiger partial charge is 0.497 e. The maximum Gasteiger partial charge on any atom is 0.290 e. The van der Waals surface area contributed by atoms with Gasteiger partial charge in [0.15, 0.2) is 0 Å². The maximum atomic E-state index is 12.4. The quantitative estimate of drug-likeness (QED) is 0.529. The molecule has 3 N–H and O–H groups in total. The predicted octanol–water partition coefficient (Wildman–Crippen LogP) is 3.47. The number of H-pyrrole nitrogens is 1. The van der Waals surface area contributed by atoms with E-state index in [9.17, 15) is 14.4 Å². The molecule has 1 fully saturated rings. The van der Waals surface area contributed by atoms with E-state index in [0.29, 0.717) is 23.4 Å². The number of carbonyl (C=O) groups excluding carboxylic acids is 3. The number of aromatic nitrogens is 1. The lowest BCUT2D eigenvalue weighted by atomic mass is 10.1. The monoisotopic (exact) mass is 421 g/mol. The van der Waals surface area contributed by atoms with E-state index >= 15 is 0 Å². The van der Waals surface area contributed by atoms with Crippen LogP contribution in [0.4, 0.5) is 4.79 Å². The first-order valence-electron chi connectivity index (χ1n) is 9.30. The molecule has 0 aliphatic carbocycles. The highest BCUT2D eigenvalue weighted by molar-refractivity contribution is 8.18. The first kappa shape index (κ1) is 19.8. The second kappa shape index (κ2) is 8.46. The van der Waals surface area contributed by atoms with Crippen LogP contribution < -0.4 is 15.4 Å². The van der Waals surface area contributed by atoms with Gasteiger partial charge in [0.25, 0.3) is 17.1 Å². The van der Waals surface area contributed by atoms with E-state index in [0.717, 1.165) is 39.5 Å². The number of rotatable bonds is 6. The zero-order valence-electron chi connectivity index (χ0n) is 16.2. The van der Waals surface area contributed by atoms with Gasteiger partial charge in [0.05, 0.1) is 12.0 Å². The molecular formula is C22H19N3O4S. The summed E-state index contributed by atoms with van der Waals surface area (Å²) in [5.41, 5.74) is 3.40. The lowest BCUT2D eigenvalue weighted by Gasteiger charge is -2.06. The summed E-state index contributed by atoms with van der Waals surface area (Å²) in [6.45, 7) is 0.494. The van der Waals surface area contributed by atoms with Crippen molar-refractivity contribution < 1.29 is 19.1 Å². The lowest BCUT2D eigenvalue weighted by Crippen LogP contribution is -2.25. The van der Waals surface area contributed by atoms with Crippen molar-refractivity contribution in [3.63, 3.8) is 0 Å². The minimum Gasteiger partial charge on any atom is -0.497 e. The van der Waals surface area contributed by atoms with Crippen LogP contribution in [0, 0.1) is 0 Å². The van der Waals surface area contributed by atoms with Crippen molar-refractivity contribution in [1.29, 1.82) is 0 Å². The number of hydrogen-bond acceptors (Lipinski definition) is 5. The average Bonchev–Trinajstić information content (AvgIpc) is 3.30. The molecule has 2 aromatic carbocycles. The summed E-state index contributed by atoms with van der Waals surface area (Å²) in [5, 5.41) is 5.83. The van der Waals surface area contributed by atoms with Crippen LogP contribution in [0.3, 0.4) is 0 Å². The molecule has 0 saturated carbocycles. The van der Waals surface area contributed by atoms with Gasteiger partial charge in [-0.25, -0.2) is 0 Å². The highest BCUT2D eigenvalue weighted by Gasteiger charge is 2.24. The zero-order valence-corrected chi connectivity index (χ0v) is 17.0. The Labute approximate surface area is 176 Å². The van der Waals surface area contributed by atoms with Crippen LogP contribution in [0.1, 0.15) is 21.5 Å². The molecule has 30 heavy (non-hydrogen) atoms. The first-order valence-corrected chi connectivity index (χ1v) is 10.1. The normalized spacial score (nSPS) is 14.9. The van der Waals surface area contributed by atoms with Gasteiger partial charge in [-0.15, -0.1) is 0 Å². The number of amides is 3. The van der Waals surface area contributed by atoms with Gasteiger partial charge in [-0.1, -0.05) is 12.1 Å². The Bertz CT molecular complexity index is 1160. The number of fused-ring (bicyclic) bond motifs is 1. The topological polar surface area (TPSA) is 100 Å². The first-order chi connectivity index (χ1) is 14.5. The van der Waals surface area contributed by atoms with E-state index in [1.165, 1.54) is 0 Å². The Morgan fingerprint density at radius 1 is 1.17 bits per heavy atom. The Hall–Kier alpha value is -3.52. The van der Waals surface area contributed by atoms with E-state index in [2.05, 4.69) is 15.6 Å². The summed E-state index contributed by atoms with van der Waals surface area (Å²) >= 11 is 0.864. The van der Waals surface area contributed by atoms with Crippen LogP contribution in [0.15, 0.2) is 53.6 Å². The molecule has 4 rings (SSSR count). The summed E-state index contributed by atoms with van der Waals surface area (Å²) in [7, 11) is 1.64. The van der Waals surface area contributed by atoms with Crippen LogP contribution in [-0.4, -0.2) is 35.7 Å². The molecule has 3 aromatic rings. The summed E-state index contributed by atoms with van der Waals surface area (Å²) in [4.78, 5) is 38.8. The molecule has 8 heteroatoms. The fraction of sp³-hybridized carbons (Fsp3) is 0.136. The summed E-state index contributed by atoms with van der Waals surface area (Å²) in [5.74, 6) is 0.219. The SMILES string of the molecule is COc1ccc2[nH]cc(CCNC(=O)c3ccc(/C=C4\SC(=O)NC4=O)cc3)c2c1. The molecule has 0 bridgehead atoms. The number of ether oxygens (including phenoxy) is 1. The number of nitrogens with one attached hydrogen (secondary N) is 3. The van der Waals surface area contributed by atoms with Crippen molar-refractivity contribution in [2.75, 3.05) is 13.7 Å². The van der Waals surface area contributed by atoms with Crippen molar-refractivity contribution in [1.82, 2.24) is 15.6 Å². The minimum absolute atomic E-state index is 0.171. The lowest BCUT2D eigenvalue weighted by molar-refractivity contribution is -0.115. The predicted molar refractivity (Wildman–Crippen MR) is 116 cm³/mol. The van der Waals surface area contributed by atoms with Gasteiger partial charge in [0.2, 0.25) is 0 Å². The zero-order chi connectivity index (χ0) is 21.1. The standard InChI is InChI=1S/C22H19N3O4S/c1-29-16-6-7-18-17(11-16)15(12-24-18)8-9-23-20(26)14-4-2-13(3-5-14)10-19-21(27)25-22(28)30-19/h2-7,10-12,24H,8-9H2,1H3,(H,23,26)(H,25,27,28)/b19-10-. The minimum atomic E-state index is -0.401. The summed E-state index contributed by atoms with van der Waals surface area (Å²) in [6, 6.07) is 12.7. The number of carbonyl (C=O) groups is 3. The van der Waals surface area contributed by atoms with E-state index in [1.54, 1.807) is 37.5 Å². The van der Waals surface area contributed by atoms with Gasteiger partial charge >= 0.3 is 0 Å². The molecule has 1 aromatic heterocycles. The number of methoxy groups -OCH3 is 1. The second-order valence-corrected chi connectivity index (χ2v) is 7.72. The van der Waals surface area contributed by atoms with Gasteiger partial charge in [-0.3, -0.25) is 19.7 Å². The Morgan fingerprint density at radius 2 is 1.97 bits per heavy atom. The fourth-order valence-electron chi connectivity index (χ4n) is 3.21. The third-order valence-corrected chi connectivity index (χ3v) is 5.58. The van der Waals surface area contributed by atoms with Crippen LogP contribution in [-0.2, 0) is 11.2 Å². The van der Waals surface area contributed by atoms with Gasteiger partial charge in [-0.05, 0) is 65.7 Å².